The Morgan fingerprint density at radius 1 is 1.09 bits per heavy atom. The molecule has 6 nitrogen and oxygen atoms in total. The van der Waals surface area contributed by atoms with E-state index in [2.05, 4.69) is 10.3 Å². The predicted molar refractivity (Wildman–Crippen MR) is 136 cm³/mol. The molecule has 2 unspecified atom stereocenters. The van der Waals surface area contributed by atoms with Gasteiger partial charge in [-0.2, -0.15) is 0 Å². The van der Waals surface area contributed by atoms with E-state index in [0.29, 0.717) is 21.9 Å². The number of ether oxygens (including phenoxy) is 1. The van der Waals surface area contributed by atoms with Crippen molar-refractivity contribution in [3.05, 3.63) is 114 Å². The van der Waals surface area contributed by atoms with Gasteiger partial charge in [-0.1, -0.05) is 18.2 Å². The monoisotopic (exact) mass is 486 g/mol. The highest BCUT2D eigenvalue weighted by Crippen LogP contribution is 2.42. The summed E-state index contributed by atoms with van der Waals surface area (Å²) in [4.78, 5) is 19.1. The number of aromatic nitrogens is 2. The van der Waals surface area contributed by atoms with Crippen LogP contribution in [0.3, 0.4) is 0 Å². The lowest BCUT2D eigenvalue weighted by Gasteiger charge is -2.29. The third-order valence-corrected chi connectivity index (χ3v) is 6.48. The fourth-order valence-corrected chi connectivity index (χ4v) is 4.88. The van der Waals surface area contributed by atoms with Gasteiger partial charge in [0.25, 0.3) is 0 Å². The first-order valence-electron chi connectivity index (χ1n) is 11.1. The van der Waals surface area contributed by atoms with Crippen molar-refractivity contribution in [1.29, 1.82) is 0 Å². The molecule has 176 valence electrons. The molecule has 0 bridgehead atoms. The largest absolute Gasteiger partial charge is 0.465 e. The zero-order valence-electron chi connectivity index (χ0n) is 19.2. The average Bonchev–Trinajstić information content (AvgIpc) is 3.50. The van der Waals surface area contributed by atoms with Crippen molar-refractivity contribution in [2.75, 3.05) is 12.0 Å². The minimum Gasteiger partial charge on any atom is -0.465 e. The second-order valence-corrected chi connectivity index (χ2v) is 8.63. The van der Waals surface area contributed by atoms with Gasteiger partial charge in [0.05, 0.1) is 30.1 Å². The molecule has 1 fully saturated rings. The second kappa shape index (κ2) is 9.31. The number of carbonyl (C=O) groups excluding carboxylic acids is 1. The first kappa shape index (κ1) is 22.7. The summed E-state index contributed by atoms with van der Waals surface area (Å²) < 4.78 is 21.1. The predicted octanol–water partition coefficient (Wildman–Crippen LogP) is 5.28. The molecule has 1 N–H and O–H groups in total. The number of nitrogens with one attached hydrogen (secondary N) is 1. The fraction of sp³-hybridized carbons (Fsp3) is 0.148. The standard InChI is InChI=1S/C27H23FN4O2S/c1-17-16-18(12-13-20(17)28)32-25(24(30-27(32)35)21-9-5-6-14-29-21)23-11-7-15-31(23)22-10-4-3-8-19(22)26(33)34-2/h3-16,24-25H,1-2H3,(H,30,35). The topological polar surface area (TPSA) is 59.4 Å². The second-order valence-electron chi connectivity index (χ2n) is 8.24. The summed E-state index contributed by atoms with van der Waals surface area (Å²) in [5.41, 5.74) is 4.11. The number of methoxy groups -OCH3 is 1. The number of rotatable bonds is 5. The van der Waals surface area contributed by atoms with E-state index in [-0.39, 0.29) is 17.9 Å². The molecule has 0 spiro atoms. The Labute approximate surface area is 208 Å². The van der Waals surface area contributed by atoms with Crippen LogP contribution in [0.15, 0.2) is 85.2 Å². The molecule has 1 aliphatic rings. The van der Waals surface area contributed by atoms with E-state index in [0.717, 1.165) is 17.1 Å². The summed E-state index contributed by atoms with van der Waals surface area (Å²) in [6.45, 7) is 1.73. The third-order valence-electron chi connectivity index (χ3n) is 6.17. The van der Waals surface area contributed by atoms with Crippen LogP contribution in [0.4, 0.5) is 10.1 Å². The van der Waals surface area contributed by atoms with Crippen LogP contribution in [0, 0.1) is 12.7 Å². The van der Waals surface area contributed by atoms with Crippen LogP contribution in [0.25, 0.3) is 5.69 Å². The highest BCUT2D eigenvalue weighted by Gasteiger charge is 2.42. The molecule has 2 aromatic carbocycles. The average molecular weight is 487 g/mol. The first-order valence-corrected chi connectivity index (χ1v) is 11.5. The molecule has 2 atom stereocenters. The Bertz CT molecular complexity index is 1410. The molecular formula is C27H23FN4O2S. The highest BCUT2D eigenvalue weighted by molar-refractivity contribution is 7.80. The molecule has 1 aliphatic heterocycles. The molecule has 35 heavy (non-hydrogen) atoms. The molecule has 4 aromatic rings. The van der Waals surface area contributed by atoms with E-state index in [9.17, 15) is 9.18 Å². The number of para-hydroxylation sites is 1. The van der Waals surface area contributed by atoms with Crippen LogP contribution in [-0.2, 0) is 4.74 Å². The van der Waals surface area contributed by atoms with E-state index < -0.39 is 5.97 Å². The van der Waals surface area contributed by atoms with Crippen LogP contribution in [0.5, 0.6) is 0 Å². The van der Waals surface area contributed by atoms with Gasteiger partial charge in [-0.3, -0.25) is 4.98 Å². The lowest BCUT2D eigenvalue weighted by Crippen LogP contribution is -2.30. The van der Waals surface area contributed by atoms with Gasteiger partial charge >= 0.3 is 5.97 Å². The van der Waals surface area contributed by atoms with Gasteiger partial charge in [0.1, 0.15) is 11.9 Å². The number of halogens is 1. The fourth-order valence-electron chi connectivity index (χ4n) is 4.53. The van der Waals surface area contributed by atoms with Crippen LogP contribution in [-0.4, -0.2) is 27.7 Å². The summed E-state index contributed by atoms with van der Waals surface area (Å²) in [5.74, 6) is -0.701. The Morgan fingerprint density at radius 2 is 1.89 bits per heavy atom. The maximum Gasteiger partial charge on any atom is 0.339 e. The summed E-state index contributed by atoms with van der Waals surface area (Å²) in [6, 6.07) is 21.3. The molecule has 2 aromatic heterocycles. The van der Waals surface area contributed by atoms with E-state index in [1.165, 1.54) is 13.2 Å². The number of benzene rings is 2. The smallest absolute Gasteiger partial charge is 0.339 e. The van der Waals surface area contributed by atoms with E-state index >= 15 is 0 Å². The Hall–Kier alpha value is -4.04. The number of aryl methyl sites for hydroxylation is 1. The minimum atomic E-state index is -0.424. The number of hydrogen-bond acceptors (Lipinski definition) is 4. The SMILES string of the molecule is COC(=O)c1ccccc1-n1cccc1C1C(c2ccccn2)NC(=S)N1c1ccc(F)c(C)c1. The Morgan fingerprint density at radius 3 is 2.63 bits per heavy atom. The van der Waals surface area contributed by atoms with Gasteiger partial charge in [0.2, 0.25) is 0 Å². The number of nitrogens with zero attached hydrogens (tertiary/aromatic N) is 3. The van der Waals surface area contributed by atoms with Crippen molar-refractivity contribution in [2.24, 2.45) is 0 Å². The molecule has 1 saturated heterocycles. The number of hydrogen-bond donors (Lipinski definition) is 1. The highest BCUT2D eigenvalue weighted by atomic mass is 32.1. The summed E-state index contributed by atoms with van der Waals surface area (Å²) >= 11 is 5.78. The zero-order valence-corrected chi connectivity index (χ0v) is 20.0. The van der Waals surface area contributed by atoms with Crippen LogP contribution in [0.2, 0.25) is 0 Å². The lowest BCUT2D eigenvalue weighted by molar-refractivity contribution is 0.0600. The first-order chi connectivity index (χ1) is 17.0. The van der Waals surface area contributed by atoms with Crippen LogP contribution >= 0.6 is 12.2 Å². The van der Waals surface area contributed by atoms with Crippen molar-refractivity contribution < 1.29 is 13.9 Å². The lowest BCUT2D eigenvalue weighted by atomic mass is 10.00. The number of anilines is 1. The maximum atomic E-state index is 14.1. The Balaban J connectivity index is 1.70. The van der Waals surface area contributed by atoms with Gasteiger partial charge in [-0.05, 0) is 79.3 Å². The number of thiocarbonyl (C=S) groups is 1. The molecule has 0 saturated carbocycles. The minimum absolute atomic E-state index is 0.278. The van der Waals surface area contributed by atoms with Crippen molar-refractivity contribution >= 4 is 29.0 Å². The van der Waals surface area contributed by atoms with Crippen LogP contribution in [0.1, 0.15) is 39.4 Å². The van der Waals surface area contributed by atoms with Crippen molar-refractivity contribution in [1.82, 2.24) is 14.9 Å². The number of pyridine rings is 1. The van der Waals surface area contributed by atoms with E-state index in [1.54, 1.807) is 37.4 Å². The van der Waals surface area contributed by atoms with Gasteiger partial charge in [-0.15, -0.1) is 0 Å². The zero-order chi connectivity index (χ0) is 24.5. The van der Waals surface area contributed by atoms with Crippen molar-refractivity contribution in [3.8, 4) is 5.69 Å². The quantitative estimate of drug-likeness (QED) is 0.306. The van der Waals surface area contributed by atoms with Crippen LogP contribution < -0.4 is 10.2 Å². The van der Waals surface area contributed by atoms with E-state index in [4.69, 9.17) is 17.0 Å². The molecule has 8 heteroatoms. The maximum absolute atomic E-state index is 14.1. The van der Waals surface area contributed by atoms with Gasteiger partial charge < -0.3 is 19.5 Å². The van der Waals surface area contributed by atoms with Crippen molar-refractivity contribution in [2.45, 2.75) is 19.0 Å². The summed E-state index contributed by atoms with van der Waals surface area (Å²) in [6.07, 6.45) is 3.65. The molecule has 3 heterocycles. The van der Waals surface area contributed by atoms with Gasteiger partial charge in [0.15, 0.2) is 5.11 Å². The number of esters is 1. The van der Waals surface area contributed by atoms with Gasteiger partial charge in [0, 0.05) is 23.8 Å². The molecule has 0 radical (unpaired) electrons. The summed E-state index contributed by atoms with van der Waals surface area (Å²) in [7, 11) is 1.37. The Kier molecular flexibility index (Phi) is 6.05. The van der Waals surface area contributed by atoms with E-state index in [1.807, 2.05) is 58.1 Å². The molecular weight excluding hydrogens is 463 g/mol. The number of carbonyl (C=O) groups is 1. The molecule has 0 amide bonds. The normalized spacial score (nSPS) is 17.3. The van der Waals surface area contributed by atoms with Crippen molar-refractivity contribution in [3.63, 3.8) is 0 Å². The molecule has 0 aliphatic carbocycles. The molecule has 5 rings (SSSR count). The van der Waals surface area contributed by atoms with Gasteiger partial charge in [-0.25, -0.2) is 9.18 Å². The summed E-state index contributed by atoms with van der Waals surface area (Å²) in [5, 5.41) is 3.92. The third kappa shape index (κ3) is 4.06.